The van der Waals surface area contributed by atoms with Crippen LogP contribution in [0.5, 0.6) is 0 Å². The summed E-state index contributed by atoms with van der Waals surface area (Å²) in [5.41, 5.74) is 0.678. The standard InChI is InChI=1S/C27H29F4N3O4S3/c1-34-13-11-21(20(28)16-34)33-23-7-4-6-18-19(15-27(29,30)31)24(39-26(18)23)8-5-12-32-22-10-9-17(40(2,35)36)14-25(22)41(3,37)38/h4,6-7,9-10,14,20-21,32-33H,11-13,15-16H2,1-3H3/t20-,21+/m1/s1. The highest BCUT2D eigenvalue weighted by Gasteiger charge is 2.32. The molecule has 0 aliphatic carbocycles. The topological polar surface area (TPSA) is 95.6 Å². The van der Waals surface area contributed by atoms with E-state index in [1.165, 1.54) is 12.1 Å². The normalized spacial score (nSPS) is 18.6. The highest BCUT2D eigenvalue weighted by Crippen LogP contribution is 2.39. The molecule has 1 fully saturated rings. The Morgan fingerprint density at radius 3 is 2.44 bits per heavy atom. The van der Waals surface area contributed by atoms with Crippen molar-refractivity contribution in [1.82, 2.24) is 4.90 Å². The van der Waals surface area contributed by atoms with Crippen molar-refractivity contribution < 1.29 is 34.4 Å². The Bertz CT molecular complexity index is 1730. The van der Waals surface area contributed by atoms with E-state index in [4.69, 9.17) is 0 Å². The summed E-state index contributed by atoms with van der Waals surface area (Å²) in [6, 6.07) is 8.08. The summed E-state index contributed by atoms with van der Waals surface area (Å²) in [6.07, 6.45) is -4.37. The SMILES string of the molecule is CN1CC[C@H](Nc2cccc3c(CC(F)(F)F)c(C#CCNc4ccc(S(C)(=O)=O)cc4S(C)(=O)=O)sc23)[C@H](F)C1. The van der Waals surface area contributed by atoms with Crippen LogP contribution >= 0.6 is 11.3 Å². The second-order valence-corrected chi connectivity index (χ2v) is 15.1. The minimum Gasteiger partial charge on any atom is -0.378 e. The first-order valence-corrected chi connectivity index (χ1v) is 17.1. The third kappa shape index (κ3) is 7.71. The zero-order valence-electron chi connectivity index (χ0n) is 22.5. The lowest BCUT2D eigenvalue weighted by atomic mass is 10.0. The molecular formula is C27H29F4N3O4S3. The zero-order valence-corrected chi connectivity index (χ0v) is 24.9. The Morgan fingerprint density at radius 2 is 1.80 bits per heavy atom. The average Bonchev–Trinajstić information content (AvgIpc) is 3.19. The molecule has 1 saturated heterocycles. The van der Waals surface area contributed by atoms with E-state index in [0.717, 1.165) is 29.9 Å². The lowest BCUT2D eigenvalue weighted by molar-refractivity contribution is -0.126. The van der Waals surface area contributed by atoms with E-state index in [-0.39, 0.29) is 39.0 Å². The summed E-state index contributed by atoms with van der Waals surface area (Å²) in [5.74, 6) is 5.54. The number of benzene rings is 2. The number of halogens is 4. The van der Waals surface area contributed by atoms with E-state index in [0.29, 0.717) is 28.7 Å². The van der Waals surface area contributed by atoms with Crippen LogP contribution in [0.15, 0.2) is 46.2 Å². The first kappa shape index (κ1) is 31.1. The van der Waals surface area contributed by atoms with Gasteiger partial charge in [0, 0.05) is 25.6 Å². The molecule has 41 heavy (non-hydrogen) atoms. The lowest BCUT2D eigenvalue weighted by Gasteiger charge is -2.33. The number of thiophene rings is 1. The van der Waals surface area contributed by atoms with Crippen molar-refractivity contribution in [2.75, 3.05) is 49.8 Å². The number of hydrogen-bond donors (Lipinski definition) is 2. The van der Waals surface area contributed by atoms with Crippen LogP contribution in [0.1, 0.15) is 16.9 Å². The van der Waals surface area contributed by atoms with Gasteiger partial charge < -0.3 is 15.5 Å². The molecule has 2 atom stereocenters. The van der Waals surface area contributed by atoms with Gasteiger partial charge in [0.1, 0.15) is 6.17 Å². The number of sulfone groups is 2. The number of anilines is 2. The predicted molar refractivity (Wildman–Crippen MR) is 154 cm³/mol. The van der Waals surface area contributed by atoms with Gasteiger partial charge in [0.15, 0.2) is 19.7 Å². The third-order valence-corrected chi connectivity index (χ3v) is 10.1. The summed E-state index contributed by atoms with van der Waals surface area (Å²) >= 11 is 1.08. The number of hydrogen-bond acceptors (Lipinski definition) is 8. The van der Waals surface area contributed by atoms with Crippen molar-refractivity contribution in [1.29, 1.82) is 0 Å². The molecule has 1 aromatic heterocycles. The molecule has 0 radical (unpaired) electrons. The zero-order chi connectivity index (χ0) is 30.2. The van der Waals surface area contributed by atoms with Crippen LogP contribution in [0.4, 0.5) is 28.9 Å². The van der Waals surface area contributed by atoms with Gasteiger partial charge in [-0.25, -0.2) is 21.2 Å². The average molecular weight is 632 g/mol. The second-order valence-electron chi connectivity index (χ2n) is 10.1. The molecule has 2 heterocycles. The van der Waals surface area contributed by atoms with Crippen molar-refractivity contribution in [2.24, 2.45) is 0 Å². The lowest BCUT2D eigenvalue weighted by Crippen LogP contribution is -2.46. The van der Waals surface area contributed by atoms with E-state index < -0.39 is 44.5 Å². The first-order chi connectivity index (χ1) is 19.0. The molecule has 2 N–H and O–H groups in total. The molecule has 0 spiro atoms. The maximum atomic E-state index is 14.7. The van der Waals surface area contributed by atoms with E-state index in [1.807, 2.05) is 11.9 Å². The van der Waals surface area contributed by atoms with Gasteiger partial charge in [-0.1, -0.05) is 24.0 Å². The van der Waals surface area contributed by atoms with Gasteiger partial charge in [0.05, 0.1) is 49.8 Å². The molecule has 0 bridgehead atoms. The maximum Gasteiger partial charge on any atom is 0.393 e. The van der Waals surface area contributed by atoms with E-state index >= 15 is 0 Å². The van der Waals surface area contributed by atoms with E-state index in [2.05, 4.69) is 22.5 Å². The molecule has 0 saturated carbocycles. The van der Waals surface area contributed by atoms with E-state index in [9.17, 15) is 34.4 Å². The molecule has 2 aromatic carbocycles. The Labute approximate surface area is 240 Å². The van der Waals surface area contributed by atoms with Crippen molar-refractivity contribution in [3.8, 4) is 11.8 Å². The molecule has 1 aliphatic rings. The van der Waals surface area contributed by atoms with Gasteiger partial charge in [-0.05, 0) is 48.7 Å². The monoisotopic (exact) mass is 631 g/mol. The molecular weight excluding hydrogens is 603 g/mol. The Hall–Kier alpha value is -2.86. The summed E-state index contributed by atoms with van der Waals surface area (Å²) < 4.78 is 104. The Balaban J connectivity index is 1.65. The fourth-order valence-corrected chi connectivity index (χ4v) is 7.40. The van der Waals surface area contributed by atoms with Gasteiger partial charge in [0.2, 0.25) is 0 Å². The maximum absolute atomic E-state index is 14.7. The molecule has 7 nitrogen and oxygen atoms in total. The van der Waals surface area contributed by atoms with Crippen molar-refractivity contribution in [2.45, 2.75) is 41.0 Å². The van der Waals surface area contributed by atoms with Crippen LogP contribution in [0, 0.1) is 11.8 Å². The molecule has 3 aromatic rings. The largest absolute Gasteiger partial charge is 0.393 e. The number of alkyl halides is 4. The van der Waals surface area contributed by atoms with E-state index in [1.54, 1.807) is 18.2 Å². The second kappa shape index (κ2) is 11.8. The van der Waals surface area contributed by atoms with Gasteiger partial charge >= 0.3 is 6.18 Å². The fourth-order valence-electron chi connectivity index (χ4n) is 4.63. The quantitative estimate of drug-likeness (QED) is 0.288. The molecule has 0 amide bonds. The van der Waals surface area contributed by atoms with Crippen LogP contribution < -0.4 is 10.6 Å². The van der Waals surface area contributed by atoms with Crippen LogP contribution in [-0.2, 0) is 26.1 Å². The number of nitrogens with one attached hydrogen (secondary N) is 2. The summed E-state index contributed by atoms with van der Waals surface area (Å²) in [4.78, 5) is 1.68. The summed E-state index contributed by atoms with van der Waals surface area (Å²) in [7, 11) is -5.63. The number of nitrogens with zero attached hydrogens (tertiary/aromatic N) is 1. The predicted octanol–water partition coefficient (Wildman–Crippen LogP) is 4.73. The summed E-state index contributed by atoms with van der Waals surface area (Å²) in [5, 5.41) is 6.39. The van der Waals surface area contributed by atoms with Crippen LogP contribution in [0.25, 0.3) is 10.1 Å². The minimum absolute atomic E-state index is 0.0168. The number of fused-ring (bicyclic) bond motifs is 1. The van der Waals surface area contributed by atoms with Gasteiger partial charge in [-0.3, -0.25) is 0 Å². The van der Waals surface area contributed by atoms with Crippen molar-refractivity contribution >= 4 is 52.5 Å². The van der Waals surface area contributed by atoms with Gasteiger partial charge in [-0.15, -0.1) is 11.3 Å². The highest BCUT2D eigenvalue weighted by atomic mass is 32.2. The molecule has 1 aliphatic heterocycles. The Morgan fingerprint density at radius 1 is 1.07 bits per heavy atom. The fraction of sp³-hybridized carbons (Fsp3) is 0.407. The molecule has 0 unspecified atom stereocenters. The number of rotatable bonds is 7. The van der Waals surface area contributed by atoms with Gasteiger partial charge in [0.25, 0.3) is 0 Å². The number of piperidine rings is 1. The summed E-state index contributed by atoms with van der Waals surface area (Å²) in [6.45, 7) is 0.837. The van der Waals surface area contributed by atoms with Gasteiger partial charge in [-0.2, -0.15) is 13.2 Å². The molecule has 222 valence electrons. The van der Waals surface area contributed by atoms with Crippen molar-refractivity contribution in [3.05, 3.63) is 46.8 Å². The molecule has 14 heteroatoms. The van der Waals surface area contributed by atoms with Crippen molar-refractivity contribution in [3.63, 3.8) is 0 Å². The third-order valence-electron chi connectivity index (χ3n) is 6.63. The highest BCUT2D eigenvalue weighted by molar-refractivity contribution is 7.91. The van der Waals surface area contributed by atoms with Crippen LogP contribution in [0.2, 0.25) is 0 Å². The Kier molecular flexibility index (Phi) is 8.94. The van der Waals surface area contributed by atoms with Crippen LogP contribution in [0.3, 0.4) is 0 Å². The molecule has 4 rings (SSSR count). The first-order valence-electron chi connectivity index (χ1n) is 12.5. The number of likely N-dealkylation sites (tertiary alicyclic amines) is 1. The smallest absolute Gasteiger partial charge is 0.378 e. The minimum atomic E-state index is -4.49. The van der Waals surface area contributed by atoms with Crippen LogP contribution in [-0.4, -0.2) is 79.3 Å².